The number of carbonyl (C=O) groups excluding carboxylic acids is 1. The Hall–Kier alpha value is -1.46. The Morgan fingerprint density at radius 2 is 2.47 bits per heavy atom. The van der Waals surface area contributed by atoms with Gasteiger partial charge in [-0.25, -0.2) is 0 Å². The van der Waals surface area contributed by atoms with Gasteiger partial charge >= 0.3 is 0 Å². The molecule has 0 aromatic carbocycles. The Kier molecular flexibility index (Phi) is 4.06. The smallest absolute Gasteiger partial charge is 0.270 e. The Morgan fingerprint density at radius 3 is 3.06 bits per heavy atom. The summed E-state index contributed by atoms with van der Waals surface area (Å²) in [6, 6.07) is 3.62. The Balaban J connectivity index is 1.93. The molecule has 17 heavy (non-hydrogen) atoms. The number of carbonyl (C=O) groups is 1. The molecule has 1 amide bonds. The minimum absolute atomic E-state index is 0.104. The lowest BCUT2D eigenvalue weighted by molar-refractivity contribution is 0.0622. The molecule has 1 saturated heterocycles. The number of aromatic nitrogens is 1. The number of hydrogen-bond acceptors (Lipinski definition) is 4. The summed E-state index contributed by atoms with van der Waals surface area (Å²) in [5.74, 6) is -0.149. The molecule has 1 unspecified atom stereocenters. The van der Waals surface area contributed by atoms with E-state index in [1.54, 1.807) is 12.3 Å². The summed E-state index contributed by atoms with van der Waals surface area (Å²) in [6.45, 7) is 1.81. The Bertz CT molecular complexity index is 372. The molecule has 0 aliphatic carbocycles. The van der Waals surface area contributed by atoms with Crippen LogP contribution < -0.4 is 11.1 Å². The minimum Gasteiger partial charge on any atom is -0.379 e. The molecular weight excluding hydrogens is 218 g/mol. The average Bonchev–Trinajstić information content (AvgIpc) is 2.40. The Morgan fingerprint density at radius 1 is 1.59 bits per heavy atom. The van der Waals surface area contributed by atoms with Crippen molar-refractivity contribution in [2.75, 3.05) is 13.2 Å². The molecule has 1 aliphatic heterocycles. The highest BCUT2D eigenvalue weighted by Crippen LogP contribution is 2.07. The van der Waals surface area contributed by atoms with E-state index in [1.807, 2.05) is 6.07 Å². The van der Waals surface area contributed by atoms with Crippen LogP contribution in [0.3, 0.4) is 0 Å². The van der Waals surface area contributed by atoms with Gasteiger partial charge in [0.1, 0.15) is 5.69 Å². The summed E-state index contributed by atoms with van der Waals surface area (Å²) in [6.07, 6.45) is 3.59. The molecule has 1 aliphatic rings. The van der Waals surface area contributed by atoms with E-state index in [1.165, 1.54) is 0 Å². The van der Waals surface area contributed by atoms with Crippen molar-refractivity contribution in [2.45, 2.75) is 25.4 Å². The van der Waals surface area contributed by atoms with Crippen LogP contribution in [0.25, 0.3) is 0 Å². The molecule has 5 heteroatoms. The number of hydrogen-bond donors (Lipinski definition) is 2. The fourth-order valence-electron chi connectivity index (χ4n) is 1.79. The highest BCUT2D eigenvalue weighted by Gasteiger charge is 2.17. The number of amides is 1. The van der Waals surface area contributed by atoms with E-state index in [0.717, 1.165) is 25.0 Å². The second kappa shape index (κ2) is 5.75. The number of pyridine rings is 1. The molecule has 2 rings (SSSR count). The lowest BCUT2D eigenvalue weighted by atomic mass is 10.1. The van der Waals surface area contributed by atoms with Gasteiger partial charge in [-0.2, -0.15) is 0 Å². The van der Waals surface area contributed by atoms with E-state index in [0.29, 0.717) is 18.8 Å². The van der Waals surface area contributed by atoms with Gasteiger partial charge in [0.15, 0.2) is 0 Å². The van der Waals surface area contributed by atoms with Crippen LogP contribution >= 0.6 is 0 Å². The largest absolute Gasteiger partial charge is 0.379 e. The standard InChI is InChI=1S/C12H17N3O2/c13-6-9-3-4-11(14-7-9)12(16)15-10-2-1-5-17-8-10/h3-4,7,10H,1-2,5-6,8,13H2,(H,15,16). The average molecular weight is 235 g/mol. The maximum atomic E-state index is 11.9. The van der Waals surface area contributed by atoms with E-state index in [2.05, 4.69) is 10.3 Å². The summed E-state index contributed by atoms with van der Waals surface area (Å²) in [5, 5.41) is 2.91. The quantitative estimate of drug-likeness (QED) is 0.797. The van der Waals surface area contributed by atoms with Crippen LogP contribution in [0.1, 0.15) is 28.9 Å². The fraction of sp³-hybridized carbons (Fsp3) is 0.500. The maximum absolute atomic E-state index is 11.9. The maximum Gasteiger partial charge on any atom is 0.270 e. The second-order valence-corrected chi connectivity index (χ2v) is 4.14. The molecular formula is C12H17N3O2. The molecule has 3 N–H and O–H groups in total. The SMILES string of the molecule is NCc1ccc(C(=O)NC2CCCOC2)nc1. The fourth-order valence-corrected chi connectivity index (χ4v) is 1.79. The molecule has 92 valence electrons. The van der Waals surface area contributed by atoms with Gasteiger partial charge in [-0.05, 0) is 24.5 Å². The molecule has 0 saturated carbocycles. The van der Waals surface area contributed by atoms with Gasteiger partial charge in [0, 0.05) is 19.3 Å². The molecule has 2 heterocycles. The molecule has 5 nitrogen and oxygen atoms in total. The van der Waals surface area contributed by atoms with Crippen LogP contribution in [0.4, 0.5) is 0 Å². The first kappa shape index (κ1) is 12.0. The highest BCUT2D eigenvalue weighted by molar-refractivity contribution is 5.92. The lowest BCUT2D eigenvalue weighted by Gasteiger charge is -2.22. The number of nitrogens with one attached hydrogen (secondary N) is 1. The third-order valence-electron chi connectivity index (χ3n) is 2.79. The van der Waals surface area contributed by atoms with Gasteiger partial charge in [0.05, 0.1) is 12.6 Å². The predicted octanol–water partition coefficient (Wildman–Crippen LogP) is 0.449. The van der Waals surface area contributed by atoms with Crippen molar-refractivity contribution in [1.29, 1.82) is 0 Å². The van der Waals surface area contributed by atoms with Crippen molar-refractivity contribution in [2.24, 2.45) is 5.73 Å². The van der Waals surface area contributed by atoms with E-state index in [9.17, 15) is 4.79 Å². The summed E-state index contributed by atoms with van der Waals surface area (Å²) >= 11 is 0. The summed E-state index contributed by atoms with van der Waals surface area (Å²) in [5.41, 5.74) is 6.81. The third-order valence-corrected chi connectivity index (χ3v) is 2.79. The molecule has 0 radical (unpaired) electrons. The van der Waals surface area contributed by atoms with Crippen LogP contribution in [-0.2, 0) is 11.3 Å². The zero-order valence-corrected chi connectivity index (χ0v) is 9.69. The number of nitrogens with zero attached hydrogens (tertiary/aromatic N) is 1. The van der Waals surface area contributed by atoms with Gasteiger partial charge in [-0.15, -0.1) is 0 Å². The molecule has 1 fully saturated rings. The third kappa shape index (κ3) is 3.25. The first-order valence-electron chi connectivity index (χ1n) is 5.83. The first-order chi connectivity index (χ1) is 8.29. The first-order valence-corrected chi connectivity index (χ1v) is 5.83. The van der Waals surface area contributed by atoms with Crippen molar-refractivity contribution in [3.8, 4) is 0 Å². The van der Waals surface area contributed by atoms with Crippen molar-refractivity contribution < 1.29 is 9.53 Å². The molecule has 0 spiro atoms. The second-order valence-electron chi connectivity index (χ2n) is 4.14. The van der Waals surface area contributed by atoms with Crippen molar-refractivity contribution in [3.63, 3.8) is 0 Å². The lowest BCUT2D eigenvalue weighted by Crippen LogP contribution is -2.40. The van der Waals surface area contributed by atoms with Gasteiger partial charge < -0.3 is 15.8 Å². The van der Waals surface area contributed by atoms with Crippen molar-refractivity contribution in [3.05, 3.63) is 29.6 Å². The number of nitrogens with two attached hydrogens (primary N) is 1. The normalized spacial score (nSPS) is 19.9. The highest BCUT2D eigenvalue weighted by atomic mass is 16.5. The van der Waals surface area contributed by atoms with Gasteiger partial charge in [-0.1, -0.05) is 6.07 Å². The predicted molar refractivity (Wildman–Crippen MR) is 63.4 cm³/mol. The van der Waals surface area contributed by atoms with Crippen LogP contribution in [0.2, 0.25) is 0 Å². The van der Waals surface area contributed by atoms with Crippen LogP contribution in [0, 0.1) is 0 Å². The zero-order chi connectivity index (χ0) is 12.1. The van der Waals surface area contributed by atoms with Crippen molar-refractivity contribution >= 4 is 5.91 Å². The van der Waals surface area contributed by atoms with Crippen LogP contribution in [0.15, 0.2) is 18.3 Å². The molecule has 1 aromatic heterocycles. The van der Waals surface area contributed by atoms with E-state index < -0.39 is 0 Å². The molecule has 1 aromatic rings. The van der Waals surface area contributed by atoms with Crippen LogP contribution in [-0.4, -0.2) is 30.1 Å². The summed E-state index contributed by atoms with van der Waals surface area (Å²) in [7, 11) is 0. The zero-order valence-electron chi connectivity index (χ0n) is 9.69. The number of ether oxygens (including phenoxy) is 1. The topological polar surface area (TPSA) is 77.2 Å². The Labute approximate surface area is 100 Å². The van der Waals surface area contributed by atoms with E-state index in [-0.39, 0.29) is 11.9 Å². The monoisotopic (exact) mass is 235 g/mol. The minimum atomic E-state index is -0.149. The number of rotatable bonds is 3. The molecule has 1 atom stereocenters. The van der Waals surface area contributed by atoms with E-state index >= 15 is 0 Å². The van der Waals surface area contributed by atoms with Gasteiger partial charge in [-0.3, -0.25) is 9.78 Å². The summed E-state index contributed by atoms with van der Waals surface area (Å²) in [4.78, 5) is 15.9. The van der Waals surface area contributed by atoms with Crippen molar-refractivity contribution in [1.82, 2.24) is 10.3 Å². The molecule has 0 bridgehead atoms. The van der Waals surface area contributed by atoms with Crippen LogP contribution in [0.5, 0.6) is 0 Å². The van der Waals surface area contributed by atoms with Gasteiger partial charge in [0.2, 0.25) is 0 Å². The summed E-state index contributed by atoms with van der Waals surface area (Å²) < 4.78 is 5.30. The van der Waals surface area contributed by atoms with E-state index in [4.69, 9.17) is 10.5 Å². The van der Waals surface area contributed by atoms with Gasteiger partial charge in [0.25, 0.3) is 5.91 Å².